The van der Waals surface area contributed by atoms with Crippen molar-refractivity contribution < 1.29 is 9.32 Å². The molecule has 0 atom stereocenters. The minimum Gasteiger partial charge on any atom is -0.361 e. The van der Waals surface area contributed by atoms with Gasteiger partial charge in [0.15, 0.2) is 0 Å². The molecule has 0 radical (unpaired) electrons. The number of nitrogens with zero attached hydrogens (tertiary/aromatic N) is 3. The largest absolute Gasteiger partial charge is 0.361 e. The molecule has 0 aliphatic carbocycles. The highest BCUT2D eigenvalue weighted by Gasteiger charge is 2.37. The number of fused-ring (bicyclic) bond motifs is 1. The van der Waals surface area contributed by atoms with Crippen LogP contribution in [0.5, 0.6) is 0 Å². The van der Waals surface area contributed by atoms with Crippen molar-refractivity contribution in [3.05, 3.63) is 39.4 Å². The SMILES string of the molecule is Cc1oncc1C(=O)N1CC(N2CCc3sccc3C2)C1. The summed E-state index contributed by atoms with van der Waals surface area (Å²) < 4.78 is 4.97. The van der Waals surface area contributed by atoms with E-state index in [-0.39, 0.29) is 5.91 Å². The molecular weight excluding hydrogens is 286 g/mol. The number of amides is 1. The Bertz CT molecular complexity index is 672. The lowest BCUT2D eigenvalue weighted by Crippen LogP contribution is -2.61. The molecule has 2 aliphatic heterocycles. The van der Waals surface area contributed by atoms with Crippen molar-refractivity contribution >= 4 is 17.2 Å². The molecule has 2 aromatic rings. The molecule has 2 aliphatic rings. The summed E-state index contributed by atoms with van der Waals surface area (Å²) in [5, 5.41) is 5.86. The van der Waals surface area contributed by atoms with Gasteiger partial charge in [-0.3, -0.25) is 9.69 Å². The van der Waals surface area contributed by atoms with Gasteiger partial charge in [0.2, 0.25) is 0 Å². The Kier molecular flexibility index (Phi) is 3.08. The Labute approximate surface area is 127 Å². The first-order chi connectivity index (χ1) is 10.2. The molecule has 21 heavy (non-hydrogen) atoms. The van der Waals surface area contributed by atoms with E-state index in [1.807, 2.05) is 16.2 Å². The Morgan fingerprint density at radius 3 is 3.10 bits per heavy atom. The van der Waals surface area contributed by atoms with Gasteiger partial charge in [0, 0.05) is 37.1 Å². The summed E-state index contributed by atoms with van der Waals surface area (Å²) in [5.41, 5.74) is 2.05. The molecule has 1 amide bonds. The van der Waals surface area contributed by atoms with E-state index in [1.165, 1.54) is 16.6 Å². The van der Waals surface area contributed by atoms with Crippen molar-refractivity contribution in [3.63, 3.8) is 0 Å². The smallest absolute Gasteiger partial charge is 0.259 e. The van der Waals surface area contributed by atoms with Crippen LogP contribution >= 0.6 is 11.3 Å². The van der Waals surface area contributed by atoms with Crippen LogP contribution in [0.1, 0.15) is 26.6 Å². The van der Waals surface area contributed by atoms with Gasteiger partial charge >= 0.3 is 0 Å². The van der Waals surface area contributed by atoms with Crippen molar-refractivity contribution in [3.8, 4) is 0 Å². The van der Waals surface area contributed by atoms with Gasteiger partial charge < -0.3 is 9.42 Å². The summed E-state index contributed by atoms with van der Waals surface area (Å²) in [6.07, 6.45) is 2.66. The third-order valence-electron chi connectivity index (χ3n) is 4.48. The molecule has 1 fully saturated rings. The molecule has 1 saturated heterocycles. The second-order valence-electron chi connectivity index (χ2n) is 5.75. The molecule has 5 nitrogen and oxygen atoms in total. The van der Waals surface area contributed by atoms with E-state index in [4.69, 9.17) is 4.52 Å². The van der Waals surface area contributed by atoms with Crippen LogP contribution in [-0.2, 0) is 13.0 Å². The molecule has 0 N–H and O–H groups in total. The number of rotatable bonds is 2. The van der Waals surface area contributed by atoms with Crippen molar-refractivity contribution in [1.82, 2.24) is 15.0 Å². The fourth-order valence-corrected chi connectivity index (χ4v) is 4.00. The third-order valence-corrected chi connectivity index (χ3v) is 5.51. The van der Waals surface area contributed by atoms with Crippen LogP contribution in [0.2, 0.25) is 0 Å². The summed E-state index contributed by atoms with van der Waals surface area (Å²) in [5.74, 6) is 0.641. The number of aryl methyl sites for hydroxylation is 1. The first-order valence-corrected chi connectivity index (χ1v) is 8.10. The number of hydrogen-bond acceptors (Lipinski definition) is 5. The monoisotopic (exact) mass is 303 g/mol. The molecule has 0 unspecified atom stereocenters. The van der Waals surface area contributed by atoms with E-state index in [0.29, 0.717) is 17.4 Å². The lowest BCUT2D eigenvalue weighted by atomic mass is 10.0. The van der Waals surface area contributed by atoms with Gasteiger partial charge in [-0.15, -0.1) is 11.3 Å². The molecular formula is C15H17N3O2S. The Balaban J connectivity index is 1.38. The van der Waals surface area contributed by atoms with Crippen LogP contribution in [0, 0.1) is 6.92 Å². The number of aromatic nitrogens is 1. The van der Waals surface area contributed by atoms with Crippen molar-refractivity contribution in [2.45, 2.75) is 25.9 Å². The normalized spacial score (nSPS) is 19.4. The van der Waals surface area contributed by atoms with Crippen LogP contribution < -0.4 is 0 Å². The van der Waals surface area contributed by atoms with Crippen molar-refractivity contribution in [2.24, 2.45) is 0 Å². The van der Waals surface area contributed by atoms with Gasteiger partial charge in [-0.05, 0) is 30.4 Å². The third kappa shape index (κ3) is 2.18. The van der Waals surface area contributed by atoms with E-state index in [1.54, 1.807) is 6.92 Å². The second kappa shape index (κ2) is 4.96. The molecule has 0 bridgehead atoms. The van der Waals surface area contributed by atoms with E-state index >= 15 is 0 Å². The first kappa shape index (κ1) is 13.0. The molecule has 0 aromatic carbocycles. The molecule has 4 rings (SSSR count). The van der Waals surface area contributed by atoms with E-state index < -0.39 is 0 Å². The van der Waals surface area contributed by atoms with Crippen molar-refractivity contribution in [2.75, 3.05) is 19.6 Å². The molecule has 0 spiro atoms. The highest BCUT2D eigenvalue weighted by molar-refractivity contribution is 7.10. The summed E-state index contributed by atoms with van der Waals surface area (Å²) in [6, 6.07) is 2.72. The van der Waals surface area contributed by atoms with Gasteiger partial charge in [0.1, 0.15) is 11.3 Å². The quantitative estimate of drug-likeness (QED) is 0.850. The maximum Gasteiger partial charge on any atom is 0.259 e. The van der Waals surface area contributed by atoms with Crippen LogP contribution in [0.3, 0.4) is 0 Å². The van der Waals surface area contributed by atoms with Crippen LogP contribution in [0.25, 0.3) is 0 Å². The van der Waals surface area contributed by atoms with Gasteiger partial charge in [-0.25, -0.2) is 0 Å². The average Bonchev–Trinajstić information content (AvgIpc) is 3.04. The summed E-state index contributed by atoms with van der Waals surface area (Å²) in [4.78, 5) is 18.2. The number of carbonyl (C=O) groups excluding carboxylic acids is 1. The zero-order valence-electron chi connectivity index (χ0n) is 11.9. The van der Waals surface area contributed by atoms with Crippen LogP contribution in [-0.4, -0.2) is 46.5 Å². The predicted octanol–water partition coefficient (Wildman–Crippen LogP) is 1.93. The predicted molar refractivity (Wildman–Crippen MR) is 79.4 cm³/mol. The highest BCUT2D eigenvalue weighted by Crippen LogP contribution is 2.28. The lowest BCUT2D eigenvalue weighted by molar-refractivity contribution is 0.0219. The number of thiophene rings is 1. The molecule has 4 heterocycles. The fraction of sp³-hybridized carbons (Fsp3) is 0.467. The molecule has 0 saturated carbocycles. The number of likely N-dealkylation sites (tertiary alicyclic amines) is 1. The first-order valence-electron chi connectivity index (χ1n) is 7.22. The number of hydrogen-bond donors (Lipinski definition) is 0. The topological polar surface area (TPSA) is 49.6 Å². The fourth-order valence-electron chi connectivity index (χ4n) is 3.11. The van der Waals surface area contributed by atoms with Crippen molar-refractivity contribution in [1.29, 1.82) is 0 Å². The zero-order chi connectivity index (χ0) is 14.4. The van der Waals surface area contributed by atoms with Crippen LogP contribution in [0.4, 0.5) is 0 Å². The Morgan fingerprint density at radius 2 is 2.33 bits per heavy atom. The van der Waals surface area contributed by atoms with E-state index in [9.17, 15) is 4.79 Å². The zero-order valence-corrected chi connectivity index (χ0v) is 12.7. The summed E-state index contributed by atoms with van der Waals surface area (Å²) >= 11 is 1.86. The maximum absolute atomic E-state index is 12.3. The minimum atomic E-state index is 0.0400. The maximum atomic E-state index is 12.3. The number of carbonyl (C=O) groups is 1. The van der Waals surface area contributed by atoms with Crippen LogP contribution in [0.15, 0.2) is 22.2 Å². The summed E-state index contributed by atoms with van der Waals surface area (Å²) in [7, 11) is 0. The Hall–Kier alpha value is -1.66. The molecule has 110 valence electrons. The second-order valence-corrected chi connectivity index (χ2v) is 6.75. The average molecular weight is 303 g/mol. The lowest BCUT2D eigenvalue weighted by Gasteiger charge is -2.46. The van der Waals surface area contributed by atoms with E-state index in [2.05, 4.69) is 21.5 Å². The van der Waals surface area contributed by atoms with Gasteiger partial charge in [0.25, 0.3) is 5.91 Å². The highest BCUT2D eigenvalue weighted by atomic mass is 32.1. The Morgan fingerprint density at radius 1 is 1.48 bits per heavy atom. The van der Waals surface area contributed by atoms with Gasteiger partial charge in [0.05, 0.1) is 6.20 Å². The van der Waals surface area contributed by atoms with Gasteiger partial charge in [-0.2, -0.15) is 0 Å². The minimum absolute atomic E-state index is 0.0400. The standard InChI is InChI=1S/C15H17N3O2S/c1-10-13(6-16-20-10)15(19)18-8-12(9-18)17-4-2-14-11(7-17)3-5-21-14/h3,5-6,12H,2,4,7-9H2,1H3. The summed E-state index contributed by atoms with van der Waals surface area (Å²) in [6.45, 7) is 5.52. The van der Waals surface area contributed by atoms with Gasteiger partial charge in [-0.1, -0.05) is 5.16 Å². The van der Waals surface area contributed by atoms with E-state index in [0.717, 1.165) is 32.6 Å². The molecule has 2 aromatic heterocycles. The molecule has 6 heteroatoms.